The van der Waals surface area contributed by atoms with Crippen LogP contribution in [0.15, 0.2) is 0 Å². The van der Waals surface area contributed by atoms with Crippen molar-refractivity contribution in [2.24, 2.45) is 28.6 Å². The van der Waals surface area contributed by atoms with Crippen LogP contribution in [0.2, 0.25) is 0 Å². The van der Waals surface area contributed by atoms with Crippen molar-refractivity contribution < 1.29 is 0 Å². The van der Waals surface area contributed by atoms with E-state index in [0.717, 1.165) is 17.8 Å². The largest absolute Gasteiger partial charge is 0.0617 e. The molecule has 0 aromatic rings. The molecule has 3 atom stereocenters. The number of fused-ring (bicyclic) bond motifs is 1. The lowest BCUT2D eigenvalue weighted by molar-refractivity contribution is 0.0763. The van der Waals surface area contributed by atoms with Gasteiger partial charge < -0.3 is 0 Å². The average Bonchev–Trinajstić information content (AvgIpc) is 2.59. The Morgan fingerprint density at radius 2 is 1.55 bits per heavy atom. The van der Waals surface area contributed by atoms with Gasteiger partial charge in [0.25, 0.3) is 0 Å². The van der Waals surface area contributed by atoms with Crippen LogP contribution >= 0.6 is 0 Å². The minimum Gasteiger partial charge on any atom is -0.0617 e. The second kappa shape index (κ2) is 1.67. The van der Waals surface area contributed by atoms with Gasteiger partial charge in [-0.3, -0.25) is 0 Å². The van der Waals surface area contributed by atoms with E-state index >= 15 is 0 Å². The minimum atomic E-state index is 0.570. The molecule has 2 rings (SSSR count). The zero-order valence-electron chi connectivity index (χ0n) is 8.44. The number of rotatable bonds is 0. The van der Waals surface area contributed by atoms with Gasteiger partial charge in [0.05, 0.1) is 0 Å². The molecule has 0 bridgehead atoms. The Hall–Kier alpha value is 0. The molecule has 0 aromatic heterocycles. The Bertz CT molecular complexity index is 182. The highest BCUT2D eigenvalue weighted by Gasteiger charge is 2.65. The Balaban J connectivity index is 2.35. The van der Waals surface area contributed by atoms with Gasteiger partial charge >= 0.3 is 0 Å². The molecule has 0 aliphatic heterocycles. The highest BCUT2D eigenvalue weighted by molar-refractivity contribution is 5.13. The topological polar surface area (TPSA) is 0 Å². The summed E-state index contributed by atoms with van der Waals surface area (Å²) < 4.78 is 0. The first-order valence-corrected chi connectivity index (χ1v) is 4.89. The summed E-state index contributed by atoms with van der Waals surface area (Å²) in [6.45, 7) is 12.3. The summed E-state index contributed by atoms with van der Waals surface area (Å²) in [6.07, 6.45) is 1.51. The van der Waals surface area contributed by atoms with E-state index in [4.69, 9.17) is 0 Å². The van der Waals surface area contributed by atoms with Crippen LogP contribution in [0.1, 0.15) is 41.0 Å². The fourth-order valence-electron chi connectivity index (χ4n) is 3.20. The molecule has 0 spiro atoms. The third-order valence-electron chi connectivity index (χ3n) is 5.21. The molecule has 0 heterocycles. The van der Waals surface area contributed by atoms with Crippen LogP contribution in [0.25, 0.3) is 0 Å². The molecule has 0 N–H and O–H groups in total. The van der Waals surface area contributed by atoms with Crippen LogP contribution < -0.4 is 0 Å². The van der Waals surface area contributed by atoms with E-state index in [2.05, 4.69) is 34.6 Å². The molecule has 0 saturated heterocycles. The van der Waals surface area contributed by atoms with Crippen molar-refractivity contribution in [1.29, 1.82) is 0 Å². The molecule has 2 aliphatic rings. The predicted octanol–water partition coefficient (Wildman–Crippen LogP) is 3.32. The van der Waals surface area contributed by atoms with Crippen LogP contribution in [-0.2, 0) is 0 Å². The Morgan fingerprint density at radius 1 is 1.00 bits per heavy atom. The van der Waals surface area contributed by atoms with Crippen molar-refractivity contribution in [3.8, 4) is 0 Å². The summed E-state index contributed by atoms with van der Waals surface area (Å²) in [5.41, 5.74) is 1.16. The molecule has 11 heavy (non-hydrogen) atoms. The Labute approximate surface area is 70.4 Å². The van der Waals surface area contributed by atoms with Crippen LogP contribution in [0.5, 0.6) is 0 Å². The van der Waals surface area contributed by atoms with E-state index in [1.807, 2.05) is 0 Å². The molecule has 0 aromatic carbocycles. The van der Waals surface area contributed by atoms with Crippen LogP contribution in [0, 0.1) is 28.6 Å². The first-order valence-electron chi connectivity index (χ1n) is 4.89. The lowest BCUT2D eigenvalue weighted by Crippen LogP contribution is -2.34. The van der Waals surface area contributed by atoms with Gasteiger partial charge in [-0.25, -0.2) is 0 Å². The summed E-state index contributed by atoms with van der Waals surface area (Å²) >= 11 is 0. The summed E-state index contributed by atoms with van der Waals surface area (Å²) in [4.78, 5) is 0. The summed E-state index contributed by atoms with van der Waals surface area (Å²) in [7, 11) is 0. The maximum atomic E-state index is 2.46. The third-order valence-corrected chi connectivity index (χ3v) is 5.21. The standard InChI is InChI=1S/C11H20/c1-7-8-6-9(8)11(4,5)10(7,2)3/h7-9H,6H2,1-5H3. The molecule has 64 valence electrons. The number of hydrogen-bond acceptors (Lipinski definition) is 0. The zero-order chi connectivity index (χ0) is 8.44. The Kier molecular flexibility index (Phi) is 1.16. The fraction of sp³-hybridized carbons (Fsp3) is 1.00. The van der Waals surface area contributed by atoms with Gasteiger partial charge in [-0.15, -0.1) is 0 Å². The zero-order valence-corrected chi connectivity index (χ0v) is 8.44. The maximum absolute atomic E-state index is 2.46. The molecular weight excluding hydrogens is 132 g/mol. The lowest BCUT2D eigenvalue weighted by atomic mass is 9.64. The van der Waals surface area contributed by atoms with E-state index in [0.29, 0.717) is 10.8 Å². The minimum absolute atomic E-state index is 0.570. The van der Waals surface area contributed by atoms with E-state index in [1.165, 1.54) is 6.42 Å². The van der Waals surface area contributed by atoms with Gasteiger partial charge in [0, 0.05) is 0 Å². The summed E-state index contributed by atoms with van der Waals surface area (Å²) in [6, 6.07) is 0. The molecule has 2 saturated carbocycles. The smallest absolute Gasteiger partial charge is 0.0269 e. The second-order valence-corrected chi connectivity index (χ2v) is 5.74. The van der Waals surface area contributed by atoms with Crippen LogP contribution in [0.4, 0.5) is 0 Å². The number of hydrogen-bond donors (Lipinski definition) is 0. The van der Waals surface area contributed by atoms with E-state index in [1.54, 1.807) is 0 Å². The van der Waals surface area contributed by atoms with Gasteiger partial charge in [0.2, 0.25) is 0 Å². The molecule has 2 aliphatic carbocycles. The average molecular weight is 152 g/mol. The van der Waals surface area contributed by atoms with E-state index in [9.17, 15) is 0 Å². The highest BCUT2D eigenvalue weighted by Crippen LogP contribution is 2.72. The normalized spacial score (nSPS) is 50.5. The molecule has 2 fully saturated rings. The van der Waals surface area contributed by atoms with E-state index in [-0.39, 0.29) is 0 Å². The van der Waals surface area contributed by atoms with Crippen LogP contribution in [0.3, 0.4) is 0 Å². The second-order valence-electron chi connectivity index (χ2n) is 5.74. The molecule has 3 unspecified atom stereocenters. The van der Waals surface area contributed by atoms with Gasteiger partial charge in [-0.1, -0.05) is 34.6 Å². The SMILES string of the molecule is CC1C2CC2C(C)(C)C1(C)C. The van der Waals surface area contributed by atoms with Gasteiger partial charge in [-0.2, -0.15) is 0 Å². The maximum Gasteiger partial charge on any atom is -0.0269 e. The summed E-state index contributed by atoms with van der Waals surface area (Å²) in [5, 5.41) is 0. The van der Waals surface area contributed by atoms with Crippen molar-refractivity contribution in [3.63, 3.8) is 0 Å². The van der Waals surface area contributed by atoms with Crippen molar-refractivity contribution >= 4 is 0 Å². The molecule has 0 heteroatoms. The van der Waals surface area contributed by atoms with Crippen LogP contribution in [-0.4, -0.2) is 0 Å². The quantitative estimate of drug-likeness (QED) is 0.499. The first kappa shape index (κ1) is 7.64. The van der Waals surface area contributed by atoms with Crippen molar-refractivity contribution in [1.82, 2.24) is 0 Å². The predicted molar refractivity (Wildman–Crippen MR) is 48.3 cm³/mol. The highest BCUT2D eigenvalue weighted by atomic mass is 14.7. The molecule has 0 amide bonds. The van der Waals surface area contributed by atoms with Gasteiger partial charge in [0.15, 0.2) is 0 Å². The summed E-state index contributed by atoms with van der Waals surface area (Å²) in [5.74, 6) is 3.06. The van der Waals surface area contributed by atoms with Crippen molar-refractivity contribution in [2.45, 2.75) is 41.0 Å². The van der Waals surface area contributed by atoms with Crippen molar-refractivity contribution in [2.75, 3.05) is 0 Å². The van der Waals surface area contributed by atoms with Crippen molar-refractivity contribution in [3.05, 3.63) is 0 Å². The monoisotopic (exact) mass is 152 g/mol. The lowest BCUT2D eigenvalue weighted by Gasteiger charge is -2.41. The molecule has 0 nitrogen and oxygen atoms in total. The van der Waals surface area contributed by atoms with Gasteiger partial charge in [0.1, 0.15) is 0 Å². The molecular formula is C11H20. The third kappa shape index (κ3) is 0.666. The Morgan fingerprint density at radius 3 is 1.73 bits per heavy atom. The first-order chi connectivity index (χ1) is 4.89. The fourth-order valence-corrected chi connectivity index (χ4v) is 3.20. The van der Waals surface area contributed by atoms with Gasteiger partial charge in [-0.05, 0) is 35.0 Å². The molecule has 0 radical (unpaired) electrons. The van der Waals surface area contributed by atoms with E-state index < -0.39 is 0 Å².